The van der Waals surface area contributed by atoms with Crippen LogP contribution in [0.2, 0.25) is 0 Å². The fraction of sp³-hybridized carbons (Fsp3) is 0.533. The van der Waals surface area contributed by atoms with Gasteiger partial charge in [-0.2, -0.15) is 0 Å². The average Bonchev–Trinajstić information content (AvgIpc) is 2.44. The summed E-state index contributed by atoms with van der Waals surface area (Å²) < 4.78 is 5.15. The minimum absolute atomic E-state index is 0.209. The van der Waals surface area contributed by atoms with Crippen LogP contribution in [-0.2, 0) is 9.53 Å². The smallest absolute Gasteiger partial charge is 0.327 e. The highest BCUT2D eigenvalue weighted by Gasteiger charge is 2.22. The maximum Gasteiger partial charge on any atom is 0.327 e. The molecule has 3 nitrogen and oxygen atoms in total. The van der Waals surface area contributed by atoms with E-state index >= 15 is 0 Å². The number of rotatable bonds is 7. The van der Waals surface area contributed by atoms with Gasteiger partial charge in [-0.15, -0.1) is 11.8 Å². The molecule has 2 atom stereocenters. The molecule has 1 rings (SSSR count). The van der Waals surface area contributed by atoms with E-state index in [0.717, 1.165) is 12.0 Å². The van der Waals surface area contributed by atoms with Gasteiger partial charge in [-0.25, -0.2) is 4.79 Å². The van der Waals surface area contributed by atoms with Gasteiger partial charge >= 0.3 is 5.97 Å². The number of thioether (sulfide) groups is 1. The Labute approximate surface area is 120 Å². The Balaban J connectivity index is 2.90. The summed E-state index contributed by atoms with van der Waals surface area (Å²) in [5, 5.41) is 3.32. The third-order valence-electron chi connectivity index (χ3n) is 3.03. The lowest BCUT2D eigenvalue weighted by Gasteiger charge is -2.21. The van der Waals surface area contributed by atoms with E-state index < -0.39 is 0 Å². The van der Waals surface area contributed by atoms with Crippen molar-refractivity contribution in [2.45, 2.75) is 44.2 Å². The molecule has 4 heteroatoms. The van der Waals surface area contributed by atoms with E-state index in [1.54, 1.807) is 11.8 Å². The minimum Gasteiger partial charge on any atom is -0.465 e. The number of hydrogen-bond donors (Lipinski definition) is 1. The molecule has 1 N–H and O–H groups in total. The summed E-state index contributed by atoms with van der Waals surface area (Å²) in [6.45, 7) is 6.40. The molecule has 0 spiro atoms. The number of esters is 1. The van der Waals surface area contributed by atoms with Crippen LogP contribution in [0.15, 0.2) is 29.2 Å². The van der Waals surface area contributed by atoms with Crippen LogP contribution in [-0.4, -0.2) is 24.9 Å². The largest absolute Gasteiger partial charge is 0.465 e. The Kier molecular flexibility index (Phi) is 6.95. The zero-order valence-electron chi connectivity index (χ0n) is 12.1. The summed E-state index contributed by atoms with van der Waals surface area (Å²) in [6.07, 6.45) is 3.01. The molecule has 0 saturated heterocycles. The molecule has 0 fully saturated rings. The molecule has 2 unspecified atom stereocenters. The zero-order chi connectivity index (χ0) is 14.3. The van der Waals surface area contributed by atoms with Gasteiger partial charge in [0, 0.05) is 10.9 Å². The van der Waals surface area contributed by atoms with E-state index in [-0.39, 0.29) is 18.1 Å². The molecule has 0 aliphatic rings. The molecule has 0 aliphatic carbocycles. The average molecular weight is 281 g/mol. The predicted molar refractivity (Wildman–Crippen MR) is 80.5 cm³/mol. The van der Waals surface area contributed by atoms with E-state index in [2.05, 4.69) is 19.2 Å². The highest BCUT2D eigenvalue weighted by Crippen LogP contribution is 2.21. The van der Waals surface area contributed by atoms with Crippen molar-refractivity contribution < 1.29 is 9.53 Å². The molecule has 0 bridgehead atoms. The van der Waals surface area contributed by atoms with Gasteiger partial charge in [-0.1, -0.05) is 19.1 Å². The van der Waals surface area contributed by atoms with Gasteiger partial charge in [0.15, 0.2) is 0 Å². The Morgan fingerprint density at radius 1 is 1.32 bits per heavy atom. The summed E-state index contributed by atoms with van der Waals surface area (Å²) in [5.41, 5.74) is 0.955. The number of carbonyl (C=O) groups is 1. The third-order valence-corrected chi connectivity index (χ3v) is 3.78. The van der Waals surface area contributed by atoms with Gasteiger partial charge < -0.3 is 4.74 Å². The van der Waals surface area contributed by atoms with Crippen molar-refractivity contribution >= 4 is 17.7 Å². The fourth-order valence-corrected chi connectivity index (χ4v) is 2.13. The first-order chi connectivity index (χ1) is 9.12. The van der Waals surface area contributed by atoms with Crippen molar-refractivity contribution in [3.8, 4) is 0 Å². The molecular formula is C15H23NO2S. The second kappa shape index (κ2) is 8.23. The topological polar surface area (TPSA) is 38.3 Å². The maximum atomic E-state index is 12.1. The van der Waals surface area contributed by atoms with Gasteiger partial charge in [0.1, 0.15) is 6.04 Å². The first-order valence-electron chi connectivity index (χ1n) is 6.69. The second-order valence-corrected chi connectivity index (χ2v) is 5.31. The van der Waals surface area contributed by atoms with Gasteiger partial charge in [-0.05, 0) is 44.2 Å². The summed E-state index contributed by atoms with van der Waals surface area (Å²) in [6, 6.07) is 7.93. The number of nitrogens with one attached hydrogen (secondary N) is 1. The maximum absolute atomic E-state index is 12.1. The van der Waals surface area contributed by atoms with Crippen molar-refractivity contribution in [3.63, 3.8) is 0 Å². The standard InChI is InChI=1S/C15H23NO2S/c1-5-11(3)16-14(15(17)18-6-2)12-7-9-13(19-4)10-8-12/h7-11,14,16H,5-6H2,1-4H3. The molecule has 0 heterocycles. The molecule has 0 amide bonds. The summed E-state index contributed by atoms with van der Waals surface area (Å²) in [7, 11) is 0. The van der Waals surface area contributed by atoms with E-state index in [9.17, 15) is 4.79 Å². The molecular weight excluding hydrogens is 258 g/mol. The number of ether oxygens (including phenoxy) is 1. The van der Waals surface area contributed by atoms with Crippen molar-refractivity contribution in [3.05, 3.63) is 29.8 Å². The van der Waals surface area contributed by atoms with Gasteiger partial charge in [0.2, 0.25) is 0 Å². The van der Waals surface area contributed by atoms with Crippen molar-refractivity contribution in [1.29, 1.82) is 0 Å². The van der Waals surface area contributed by atoms with Crippen LogP contribution in [0.25, 0.3) is 0 Å². The van der Waals surface area contributed by atoms with E-state index in [1.165, 1.54) is 4.90 Å². The van der Waals surface area contributed by atoms with Crippen LogP contribution in [0.5, 0.6) is 0 Å². The molecule has 0 saturated carbocycles. The quantitative estimate of drug-likeness (QED) is 0.614. The predicted octanol–water partition coefficient (Wildman–Crippen LogP) is 3.40. The molecule has 106 valence electrons. The first kappa shape index (κ1) is 16.1. The Morgan fingerprint density at radius 3 is 2.42 bits per heavy atom. The SMILES string of the molecule is CCOC(=O)C(NC(C)CC)c1ccc(SC)cc1. The van der Waals surface area contributed by atoms with Crippen molar-refractivity contribution in [2.24, 2.45) is 0 Å². The van der Waals surface area contributed by atoms with Gasteiger partial charge in [-0.3, -0.25) is 5.32 Å². The number of carbonyl (C=O) groups excluding carboxylic acids is 1. The first-order valence-corrected chi connectivity index (χ1v) is 7.91. The zero-order valence-corrected chi connectivity index (χ0v) is 12.9. The lowest BCUT2D eigenvalue weighted by Crippen LogP contribution is -2.36. The highest BCUT2D eigenvalue weighted by atomic mass is 32.2. The Bertz CT molecular complexity index is 392. The monoisotopic (exact) mass is 281 g/mol. The van der Waals surface area contributed by atoms with Crippen LogP contribution >= 0.6 is 11.8 Å². The van der Waals surface area contributed by atoms with Gasteiger partial charge in [0.05, 0.1) is 6.61 Å². The van der Waals surface area contributed by atoms with E-state index in [0.29, 0.717) is 6.61 Å². The second-order valence-electron chi connectivity index (χ2n) is 4.43. The van der Waals surface area contributed by atoms with Crippen molar-refractivity contribution in [2.75, 3.05) is 12.9 Å². The van der Waals surface area contributed by atoms with Crippen LogP contribution in [0.3, 0.4) is 0 Å². The number of benzene rings is 1. The highest BCUT2D eigenvalue weighted by molar-refractivity contribution is 7.98. The Morgan fingerprint density at radius 2 is 1.95 bits per heavy atom. The third kappa shape index (κ3) is 4.88. The normalized spacial score (nSPS) is 13.9. The van der Waals surface area contributed by atoms with E-state index in [4.69, 9.17) is 4.74 Å². The lowest BCUT2D eigenvalue weighted by molar-refractivity contribution is -0.146. The molecule has 1 aromatic carbocycles. The van der Waals surface area contributed by atoms with Crippen LogP contribution in [0.1, 0.15) is 38.8 Å². The fourth-order valence-electron chi connectivity index (χ4n) is 1.72. The summed E-state index contributed by atoms with van der Waals surface area (Å²) >= 11 is 1.69. The minimum atomic E-state index is -0.384. The van der Waals surface area contributed by atoms with E-state index in [1.807, 2.05) is 37.4 Å². The molecule has 0 aliphatic heterocycles. The van der Waals surface area contributed by atoms with Crippen molar-refractivity contribution in [1.82, 2.24) is 5.32 Å². The summed E-state index contributed by atoms with van der Waals surface area (Å²) in [4.78, 5) is 13.2. The van der Waals surface area contributed by atoms with Gasteiger partial charge in [0.25, 0.3) is 0 Å². The summed E-state index contributed by atoms with van der Waals surface area (Å²) in [5.74, 6) is -0.209. The van der Waals surface area contributed by atoms with Crippen LogP contribution in [0, 0.1) is 0 Å². The van der Waals surface area contributed by atoms with Crippen LogP contribution < -0.4 is 5.32 Å². The molecule has 0 radical (unpaired) electrons. The number of hydrogen-bond acceptors (Lipinski definition) is 4. The molecule has 0 aromatic heterocycles. The molecule has 19 heavy (non-hydrogen) atoms. The van der Waals surface area contributed by atoms with Crippen LogP contribution in [0.4, 0.5) is 0 Å². The lowest BCUT2D eigenvalue weighted by atomic mass is 10.1. The Hall–Kier alpha value is -1.00. The molecule has 1 aromatic rings.